The van der Waals surface area contributed by atoms with Gasteiger partial charge in [0.1, 0.15) is 0 Å². The van der Waals surface area contributed by atoms with Crippen LogP contribution in [0.4, 0.5) is 13.2 Å². The largest absolute Gasteiger partial charge is 0.442 e. The van der Waals surface area contributed by atoms with E-state index in [9.17, 15) is 13.2 Å². The van der Waals surface area contributed by atoms with Gasteiger partial charge < -0.3 is 9.97 Å². The molecule has 3 aromatic rings. The summed E-state index contributed by atoms with van der Waals surface area (Å²) in [7, 11) is 0. The van der Waals surface area contributed by atoms with Crippen LogP contribution in [0.3, 0.4) is 0 Å². The number of nitrogens with zero attached hydrogens (tertiary/aromatic N) is 2. The number of alkyl halides is 3. The van der Waals surface area contributed by atoms with E-state index in [1.54, 1.807) is 12.3 Å². The average molecular weight is 249 g/mol. The standard InChI is InChI=1S/C13H8F3N2/c1-7-4-10-9-5-8(13(14,15)16)2-3-11(9)18-12(10)17-6-7/h2-6H,1H3/q-1. The van der Waals surface area contributed by atoms with E-state index in [1.807, 2.05) is 6.92 Å². The number of halogens is 3. The predicted molar refractivity (Wildman–Crippen MR) is 62.3 cm³/mol. The summed E-state index contributed by atoms with van der Waals surface area (Å²) in [5.41, 5.74) is 1.26. The molecule has 2 heterocycles. The lowest BCUT2D eigenvalue weighted by molar-refractivity contribution is -0.137. The Morgan fingerprint density at radius 1 is 1.11 bits per heavy atom. The minimum atomic E-state index is -4.34. The second-order valence-electron chi connectivity index (χ2n) is 4.23. The van der Waals surface area contributed by atoms with Crippen LogP contribution in [0.25, 0.3) is 21.9 Å². The number of pyridine rings is 1. The first-order chi connectivity index (χ1) is 8.45. The van der Waals surface area contributed by atoms with Crippen molar-refractivity contribution in [3.05, 3.63) is 41.6 Å². The lowest BCUT2D eigenvalue weighted by Crippen LogP contribution is -2.03. The normalized spacial score (nSPS) is 12.4. The van der Waals surface area contributed by atoms with Crippen LogP contribution in [0.5, 0.6) is 0 Å². The number of hydrogen-bond acceptors (Lipinski definition) is 1. The summed E-state index contributed by atoms with van der Waals surface area (Å²) in [4.78, 5) is 8.32. The molecule has 0 saturated heterocycles. The van der Waals surface area contributed by atoms with E-state index in [4.69, 9.17) is 0 Å². The first-order valence-corrected chi connectivity index (χ1v) is 5.35. The van der Waals surface area contributed by atoms with E-state index >= 15 is 0 Å². The Morgan fingerprint density at radius 2 is 1.89 bits per heavy atom. The molecule has 0 unspecified atom stereocenters. The molecule has 0 aliphatic rings. The lowest BCUT2D eigenvalue weighted by Gasteiger charge is -2.06. The Kier molecular flexibility index (Phi) is 2.14. The lowest BCUT2D eigenvalue weighted by atomic mass is 10.1. The number of aromatic nitrogens is 2. The van der Waals surface area contributed by atoms with Crippen LogP contribution in [-0.4, -0.2) is 4.98 Å². The Hall–Kier alpha value is -2.04. The third-order valence-corrected chi connectivity index (χ3v) is 2.84. The zero-order valence-corrected chi connectivity index (χ0v) is 9.42. The molecule has 0 aliphatic heterocycles. The fourth-order valence-electron chi connectivity index (χ4n) is 1.99. The highest BCUT2D eigenvalue weighted by atomic mass is 19.4. The Labute approximate surface area is 100 Å². The number of rotatable bonds is 0. The molecule has 0 N–H and O–H groups in total. The van der Waals surface area contributed by atoms with Gasteiger partial charge >= 0.3 is 6.18 Å². The molecule has 0 aliphatic carbocycles. The molecule has 18 heavy (non-hydrogen) atoms. The Bertz CT molecular complexity index is 741. The zero-order chi connectivity index (χ0) is 12.9. The van der Waals surface area contributed by atoms with Crippen molar-refractivity contribution in [2.24, 2.45) is 0 Å². The third kappa shape index (κ3) is 1.63. The van der Waals surface area contributed by atoms with Crippen molar-refractivity contribution < 1.29 is 13.2 Å². The number of aryl methyl sites for hydroxylation is 1. The molecule has 1 aromatic carbocycles. The summed E-state index contributed by atoms with van der Waals surface area (Å²) in [6, 6.07) is 5.36. The van der Waals surface area contributed by atoms with Gasteiger partial charge in [-0.05, 0) is 35.3 Å². The highest BCUT2D eigenvalue weighted by Crippen LogP contribution is 2.33. The monoisotopic (exact) mass is 249 g/mol. The molecule has 0 radical (unpaired) electrons. The molecular formula is C13H8F3N2-. The maximum Gasteiger partial charge on any atom is 0.416 e. The number of benzene rings is 1. The van der Waals surface area contributed by atoms with Crippen molar-refractivity contribution in [2.75, 3.05) is 0 Å². The summed E-state index contributed by atoms with van der Waals surface area (Å²) < 4.78 is 38.0. The Balaban J connectivity index is 2.38. The van der Waals surface area contributed by atoms with Gasteiger partial charge in [0.2, 0.25) is 0 Å². The molecule has 0 saturated carbocycles. The van der Waals surface area contributed by atoms with Crippen LogP contribution in [0.15, 0.2) is 30.5 Å². The molecule has 0 amide bonds. The van der Waals surface area contributed by atoms with Crippen LogP contribution in [0.2, 0.25) is 0 Å². The van der Waals surface area contributed by atoms with Gasteiger partial charge in [0.05, 0.1) is 5.56 Å². The first kappa shape index (κ1) is 11.1. The van der Waals surface area contributed by atoms with E-state index in [2.05, 4.69) is 9.97 Å². The summed E-state index contributed by atoms with van der Waals surface area (Å²) in [6.45, 7) is 1.85. The number of hydrogen-bond donors (Lipinski definition) is 0. The highest BCUT2D eigenvalue weighted by molar-refractivity contribution is 6.06. The minimum Gasteiger partial charge on any atom is -0.442 e. The molecule has 2 nitrogen and oxygen atoms in total. The van der Waals surface area contributed by atoms with Crippen molar-refractivity contribution in [1.29, 1.82) is 0 Å². The van der Waals surface area contributed by atoms with Gasteiger partial charge in [0, 0.05) is 0 Å². The van der Waals surface area contributed by atoms with Crippen molar-refractivity contribution in [3.8, 4) is 0 Å². The van der Waals surface area contributed by atoms with Crippen molar-refractivity contribution in [1.82, 2.24) is 9.97 Å². The summed E-state index contributed by atoms with van der Waals surface area (Å²) >= 11 is 0. The van der Waals surface area contributed by atoms with Gasteiger partial charge in [-0.3, -0.25) is 0 Å². The summed E-state index contributed by atoms with van der Waals surface area (Å²) in [5.74, 6) is 0. The van der Waals surface area contributed by atoms with Crippen LogP contribution in [-0.2, 0) is 6.18 Å². The van der Waals surface area contributed by atoms with Crippen molar-refractivity contribution in [3.63, 3.8) is 0 Å². The second kappa shape index (κ2) is 3.48. The Morgan fingerprint density at radius 3 is 2.61 bits per heavy atom. The maximum atomic E-state index is 12.7. The quantitative estimate of drug-likeness (QED) is 0.607. The maximum absolute atomic E-state index is 12.7. The van der Waals surface area contributed by atoms with E-state index in [1.165, 1.54) is 6.07 Å². The fourth-order valence-corrected chi connectivity index (χ4v) is 1.99. The van der Waals surface area contributed by atoms with Gasteiger partial charge in [0.15, 0.2) is 0 Å². The minimum absolute atomic E-state index is 0.481. The molecule has 92 valence electrons. The van der Waals surface area contributed by atoms with Crippen molar-refractivity contribution >= 4 is 21.9 Å². The van der Waals surface area contributed by atoms with Crippen molar-refractivity contribution in [2.45, 2.75) is 13.1 Å². The molecule has 0 atom stereocenters. The predicted octanol–water partition coefficient (Wildman–Crippen LogP) is 3.67. The second-order valence-corrected chi connectivity index (χ2v) is 4.23. The summed E-state index contributed by atoms with van der Waals surface area (Å²) in [5, 5.41) is 1.16. The molecule has 2 aromatic heterocycles. The van der Waals surface area contributed by atoms with Gasteiger partial charge in [-0.1, -0.05) is 29.5 Å². The van der Waals surface area contributed by atoms with Crippen LogP contribution in [0, 0.1) is 6.92 Å². The van der Waals surface area contributed by atoms with Crippen LogP contribution >= 0.6 is 0 Å². The van der Waals surface area contributed by atoms with Gasteiger partial charge in [-0.25, -0.2) is 0 Å². The molecule has 0 fully saturated rings. The van der Waals surface area contributed by atoms with Gasteiger partial charge in [-0.2, -0.15) is 13.2 Å². The molecule has 5 heteroatoms. The fraction of sp³-hybridized carbons (Fsp3) is 0.154. The highest BCUT2D eigenvalue weighted by Gasteiger charge is 2.30. The molecule has 3 rings (SSSR count). The molecule has 0 spiro atoms. The first-order valence-electron chi connectivity index (χ1n) is 5.35. The smallest absolute Gasteiger partial charge is 0.416 e. The van der Waals surface area contributed by atoms with Crippen LogP contribution in [0.1, 0.15) is 11.1 Å². The third-order valence-electron chi connectivity index (χ3n) is 2.84. The van der Waals surface area contributed by atoms with E-state index < -0.39 is 11.7 Å². The summed E-state index contributed by atoms with van der Waals surface area (Å²) in [6.07, 6.45) is -2.69. The number of fused-ring (bicyclic) bond motifs is 3. The van der Waals surface area contributed by atoms with Gasteiger partial charge in [0.25, 0.3) is 0 Å². The molecular weight excluding hydrogens is 241 g/mol. The molecule has 0 bridgehead atoms. The zero-order valence-electron chi connectivity index (χ0n) is 9.42. The average Bonchev–Trinajstić information content (AvgIpc) is 2.65. The van der Waals surface area contributed by atoms with E-state index in [0.717, 1.165) is 17.7 Å². The van der Waals surface area contributed by atoms with E-state index in [-0.39, 0.29) is 0 Å². The van der Waals surface area contributed by atoms with Crippen LogP contribution < -0.4 is 4.98 Å². The van der Waals surface area contributed by atoms with Gasteiger partial charge in [-0.15, -0.1) is 0 Å². The topological polar surface area (TPSA) is 27.0 Å². The SMILES string of the molecule is Cc1cnc2[n-]c3ccc(C(F)(F)F)cc3c2c1. The van der Waals surface area contributed by atoms with E-state index in [0.29, 0.717) is 21.9 Å².